The van der Waals surface area contributed by atoms with Crippen LogP contribution in [0.5, 0.6) is 0 Å². The Morgan fingerprint density at radius 3 is 1.11 bits per heavy atom. The molecule has 0 spiro atoms. The van der Waals surface area contributed by atoms with Gasteiger partial charge in [0.2, 0.25) is 0 Å². The number of carbonyl (C=O) groups is 9. The van der Waals surface area contributed by atoms with Gasteiger partial charge in [-0.05, 0) is 81.1 Å². The van der Waals surface area contributed by atoms with Gasteiger partial charge in [-0.1, -0.05) is 131 Å². The number of methoxy groups -OCH3 is 4. The van der Waals surface area contributed by atoms with E-state index in [0.717, 1.165) is 0 Å². The molecule has 16 rings (SSSR count). The first kappa shape index (κ1) is 113. The third-order valence-electron chi connectivity index (χ3n) is 24.6. The van der Waals surface area contributed by atoms with Crippen LogP contribution < -0.4 is 21.3 Å². The number of hydrogen-bond donors (Lipinski definition) is 8. The highest BCUT2D eigenvalue weighted by molar-refractivity contribution is 7.12. The number of halogens is 8. The van der Waals surface area contributed by atoms with Crippen molar-refractivity contribution in [3.8, 4) is 0 Å². The van der Waals surface area contributed by atoms with E-state index < -0.39 is 90.2 Å². The monoisotopic (exact) mass is 2240 g/mol. The predicted molar refractivity (Wildman–Crippen MR) is 556 cm³/mol. The van der Waals surface area contributed by atoms with E-state index in [0.29, 0.717) is 275 Å². The van der Waals surface area contributed by atoms with Crippen molar-refractivity contribution < 1.29 is 101 Å². The highest BCUT2D eigenvalue weighted by Gasteiger charge is 2.43. The summed E-state index contributed by atoms with van der Waals surface area (Å²) in [5.41, 5.74) is 6.10. The van der Waals surface area contributed by atoms with Crippen LogP contribution in [0, 0.1) is 11.8 Å². The summed E-state index contributed by atoms with van der Waals surface area (Å²) in [6.45, 7) is 12.3. The molecule has 0 radical (unpaired) electrons. The Bertz CT molecular complexity index is 6320. The Labute approximate surface area is 896 Å². The Kier molecular flexibility index (Phi) is 41.5. The van der Waals surface area contributed by atoms with E-state index in [4.69, 9.17) is 156 Å². The average molecular weight is 2240 g/mol. The van der Waals surface area contributed by atoms with Crippen molar-refractivity contribution in [2.24, 2.45) is 31.8 Å². The number of morpholine rings is 4. The Morgan fingerprint density at radius 1 is 0.425 bits per heavy atom. The summed E-state index contributed by atoms with van der Waals surface area (Å²) < 4.78 is 43.7. The fourth-order valence-corrected chi connectivity index (χ4v) is 21.8. The second kappa shape index (κ2) is 53.7. The number of nitrogens with zero attached hydrogens (tertiary/aromatic N) is 12. The molecule has 8 aliphatic rings. The largest absolute Gasteiger partial charge is 0.481 e. The van der Waals surface area contributed by atoms with Gasteiger partial charge in [0.05, 0.1) is 114 Å². The van der Waals surface area contributed by atoms with Gasteiger partial charge < -0.3 is 79.6 Å². The van der Waals surface area contributed by atoms with E-state index in [1.165, 1.54) is 73.8 Å². The molecule has 8 aliphatic heterocycles. The van der Waals surface area contributed by atoms with Crippen molar-refractivity contribution >= 4 is 215 Å². The lowest BCUT2D eigenvalue weighted by molar-refractivity contribution is -0.144. The van der Waals surface area contributed by atoms with Crippen LogP contribution in [0.3, 0.4) is 0 Å². The minimum atomic E-state index is -1.14. The number of benzene rings is 4. The molecule has 49 heteroatoms. The number of Topliss-reactive ketones (excluding diaryl/α,β-unsaturated/α-hetero) is 1. The molecule has 4 aromatic heterocycles. The van der Waals surface area contributed by atoms with Gasteiger partial charge in [0.1, 0.15) is 36.4 Å². The molecule has 146 heavy (non-hydrogen) atoms. The standard InChI is InChI=1S/C25H26Cl2N4O6S.3C24H26Cl2N4O5S/c1-36-25(35)21-19(13-31-7-8-37-16(12-31)4-3-15(32)11-20(33)34)29-23(24-28-6-9-38-24)30-22(21)17-5-2-14(26)10-18(17)27;1-13(23(31)32)9-15-12-35-7-6-30(15)11-18-19(24(33)34-2)20(16-4-3-14(25)10-17(16)26)29-21(28-18)22-27-5-8-36-22;1-13(23(31)32)9-15-11-30(6-7-35-15)12-18-19(24(33)34-2)20(16-4-3-14(25)10-17(16)26)29-21(28-18)22-27-5-8-36-22;1-13-18(5-6-19(31)32)30(8-9-35-13)12-17-20(24(33)34-2)21(15-4-3-14(25)11-16(15)26)29-22(28-17)23-27-7-10-36-23/h2,5-6,9-10,16,22H,3-4,7-8,11-13H2,1H3,(H,29,30)(H,33,34);2*3-5,8,10,13,15,20H,6-7,9,11-12H2,1-2H3,(H,28,29)(H,31,32);3-4,7,10-11,13,18,21H,5-6,8-9,12H2,1-2H3,(H,28,29)(H,31,32)/t16-,22+;2*13?,15-,20+;13-,18-,21+/m1111/s1. The van der Waals surface area contributed by atoms with Crippen LogP contribution in [0.4, 0.5) is 0 Å². The number of esters is 4. The van der Waals surface area contributed by atoms with Crippen LogP contribution in [0.1, 0.15) is 132 Å². The fraction of sp³-hybridized carbons (Fsp3) is 0.412. The zero-order valence-electron chi connectivity index (χ0n) is 79.7. The van der Waals surface area contributed by atoms with Crippen molar-refractivity contribution in [1.29, 1.82) is 0 Å². The van der Waals surface area contributed by atoms with Gasteiger partial charge in [-0.2, -0.15) is 0 Å². The van der Waals surface area contributed by atoms with Crippen LogP contribution in [-0.4, -0.2) is 294 Å². The van der Waals surface area contributed by atoms with Crippen LogP contribution in [-0.2, 0) is 81.0 Å². The molecule has 2 unspecified atom stereocenters. The summed E-state index contributed by atoms with van der Waals surface area (Å²) in [5.74, 6) is -5.24. The molecule has 4 saturated heterocycles. The number of aliphatic imine (C=N–C) groups is 4. The van der Waals surface area contributed by atoms with Gasteiger partial charge in [0, 0.05) is 222 Å². The summed E-state index contributed by atoms with van der Waals surface area (Å²) in [5, 5.41) is 63.3. The fourth-order valence-electron chi connectivity index (χ4n) is 17.4. The second-order valence-electron chi connectivity index (χ2n) is 34.4. The number of aliphatic carboxylic acids is 4. The molecule has 37 nitrogen and oxygen atoms in total. The first-order valence-corrected chi connectivity index (χ1v) is 52.4. The first-order valence-electron chi connectivity index (χ1n) is 45.9. The van der Waals surface area contributed by atoms with Crippen molar-refractivity contribution in [3.63, 3.8) is 0 Å². The number of carboxylic acids is 4. The van der Waals surface area contributed by atoms with Crippen molar-refractivity contribution in [2.45, 2.75) is 120 Å². The number of aromatic nitrogens is 4. The van der Waals surface area contributed by atoms with Crippen LogP contribution >= 0.6 is 138 Å². The van der Waals surface area contributed by atoms with Crippen molar-refractivity contribution in [1.82, 2.24) is 60.8 Å². The summed E-state index contributed by atoms with van der Waals surface area (Å²) in [6, 6.07) is 16.9. The third kappa shape index (κ3) is 29.9. The zero-order chi connectivity index (χ0) is 105. The third-order valence-corrected chi connectivity index (χ3v) is 29.9. The molecule has 0 bridgehead atoms. The topological polar surface area (TPSA) is 470 Å². The van der Waals surface area contributed by atoms with Crippen molar-refractivity contribution in [2.75, 3.05) is 127 Å². The van der Waals surface area contributed by atoms with E-state index in [-0.39, 0.29) is 49.0 Å². The number of carboxylic acid groups (broad SMARTS) is 4. The lowest BCUT2D eigenvalue weighted by atomic mass is 9.94. The maximum absolute atomic E-state index is 13.1. The minimum Gasteiger partial charge on any atom is -0.481 e. The molecule has 778 valence electrons. The van der Waals surface area contributed by atoms with Crippen LogP contribution in [0.2, 0.25) is 40.2 Å². The Morgan fingerprint density at radius 2 is 0.767 bits per heavy atom. The molecule has 8 N–H and O–H groups in total. The second-order valence-corrected chi connectivity index (χ2v) is 41.3. The van der Waals surface area contributed by atoms with E-state index >= 15 is 0 Å². The molecule has 12 heterocycles. The summed E-state index contributed by atoms with van der Waals surface area (Å²) in [6.07, 6.45) is 7.34. The van der Waals surface area contributed by atoms with Gasteiger partial charge in [-0.15, -0.1) is 45.3 Å². The number of hydrogen-bond acceptors (Lipinski definition) is 37. The van der Waals surface area contributed by atoms with Gasteiger partial charge in [0.15, 0.2) is 43.4 Å². The molecular formula is C97H104Cl8N16O21S4. The van der Waals surface area contributed by atoms with Gasteiger partial charge in [-0.25, -0.2) is 39.1 Å². The molecule has 4 aromatic carbocycles. The highest BCUT2D eigenvalue weighted by atomic mass is 35.5. The smallest absolute Gasteiger partial charge is 0.338 e. The molecule has 11 atom stereocenters. The van der Waals surface area contributed by atoms with Gasteiger partial charge >= 0.3 is 47.8 Å². The molecular weight excluding hydrogens is 2140 g/mol. The van der Waals surface area contributed by atoms with Gasteiger partial charge in [0.25, 0.3) is 0 Å². The highest BCUT2D eigenvalue weighted by Crippen LogP contribution is 2.44. The molecule has 0 saturated carbocycles. The minimum absolute atomic E-state index is 0.0139. The number of carbonyl (C=O) groups excluding carboxylic acids is 5. The number of rotatable bonds is 34. The van der Waals surface area contributed by atoms with Crippen LogP contribution in [0.15, 0.2) is 184 Å². The maximum Gasteiger partial charge on any atom is 0.338 e. The van der Waals surface area contributed by atoms with Gasteiger partial charge in [-0.3, -0.25) is 63.5 Å². The zero-order valence-corrected chi connectivity index (χ0v) is 89.0. The maximum atomic E-state index is 13.1. The van der Waals surface area contributed by atoms with E-state index in [2.05, 4.69) is 60.8 Å². The van der Waals surface area contributed by atoms with E-state index in [1.54, 1.807) is 111 Å². The van der Waals surface area contributed by atoms with E-state index in [9.17, 15) is 58.5 Å². The lowest BCUT2D eigenvalue weighted by Gasteiger charge is -2.41. The molecule has 4 fully saturated rings. The van der Waals surface area contributed by atoms with E-state index in [1.807, 2.05) is 28.4 Å². The molecule has 0 amide bonds. The molecule has 8 aromatic rings. The number of nitrogens with one attached hydrogen (secondary N) is 4. The Balaban J connectivity index is 0.000000163. The summed E-state index contributed by atoms with van der Waals surface area (Å²) in [4.78, 5) is 154. The predicted octanol–water partition coefficient (Wildman–Crippen LogP) is 15.0. The Hall–Kier alpha value is -10.3. The normalized spacial score (nSPS) is 21.4. The van der Waals surface area contributed by atoms with Crippen LogP contribution in [0.25, 0.3) is 0 Å². The number of amidine groups is 4. The summed E-state index contributed by atoms with van der Waals surface area (Å²) >= 11 is 56.3. The quantitative estimate of drug-likeness (QED) is 0.0105. The lowest BCUT2D eigenvalue weighted by Crippen LogP contribution is -2.52. The number of ether oxygens (including phenoxy) is 8. The summed E-state index contributed by atoms with van der Waals surface area (Å²) in [7, 11) is 5.28. The van der Waals surface area contributed by atoms with Crippen molar-refractivity contribution in [3.05, 3.63) is 247 Å². The first-order chi connectivity index (χ1) is 70.1. The number of ketones is 1. The number of thiazole rings is 4. The average Bonchev–Trinajstić information content (AvgIpc) is 1.36. The molecule has 0 aliphatic carbocycles. The SMILES string of the molecule is COC(=O)C1=C(CN2CCOC[C@H]2CC(C)C(=O)O)NC(c2nccs2)=N[C@H]1c1ccc(Cl)cc1Cl.COC(=O)C1=C(CN2CCO[C@H](C)[C@H]2CCC(=O)O)NC(c2nccs2)=N[C@H]1c1ccc(Cl)cc1Cl.COC(=O)C1=C(CN2CCO[C@H](CC(C)C(=O)O)C2)NC(c2nccs2)=N[C@H]1c1ccc(Cl)cc1Cl.COC(=O)C1=C(CN2CCO[C@H](CCC(=O)CC(=O)O)C2)NC(c2nccs2)=N[C@H]1c1ccc(Cl)cc1Cl.